The second kappa shape index (κ2) is 5.81. The molecule has 2 N–H and O–H groups in total. The summed E-state index contributed by atoms with van der Waals surface area (Å²) in [6, 6.07) is 11.1. The number of nitrogens with two attached hydrogens (primary N) is 1. The predicted octanol–water partition coefficient (Wildman–Crippen LogP) is 2.80. The highest BCUT2D eigenvalue weighted by atomic mass is 79.9. The molecule has 0 unspecified atom stereocenters. The average molecular weight is 360 g/mol. The molecule has 0 saturated heterocycles. The zero-order chi connectivity index (χ0) is 15.7. The summed E-state index contributed by atoms with van der Waals surface area (Å²) in [5.41, 5.74) is 7.80. The first-order chi connectivity index (χ1) is 10.6. The number of hydrogen-bond acceptors (Lipinski definition) is 4. The molecule has 112 valence electrons. The number of hydrogen-bond donors (Lipinski definition) is 1. The van der Waals surface area contributed by atoms with Crippen molar-refractivity contribution in [1.29, 1.82) is 0 Å². The molecule has 0 atom stereocenters. The molecule has 2 aromatic heterocycles. The lowest BCUT2D eigenvalue weighted by Gasteiger charge is -2.11. The molecule has 0 spiro atoms. The molecule has 3 rings (SSSR count). The standard InChI is InChI=1S/C16H14BrN3O2/c1-22-13-4-2-10(3-5-13)9-20-15-11(6-12(18)8-19-15)7-14(17)16(20)21/h2-8H,9,18H2,1H3. The number of fused-ring (bicyclic) bond motifs is 1. The van der Waals surface area contributed by atoms with E-state index < -0.39 is 0 Å². The first kappa shape index (κ1) is 14.6. The van der Waals surface area contributed by atoms with Crippen molar-refractivity contribution in [3.05, 3.63) is 63.0 Å². The Kier molecular flexibility index (Phi) is 3.85. The molecular formula is C16H14BrN3O2. The number of benzene rings is 1. The van der Waals surface area contributed by atoms with Crippen LogP contribution in [0.1, 0.15) is 5.56 Å². The third-order valence-electron chi connectivity index (χ3n) is 3.40. The van der Waals surface area contributed by atoms with Gasteiger partial charge in [0.25, 0.3) is 5.56 Å². The van der Waals surface area contributed by atoms with Crippen molar-refractivity contribution in [1.82, 2.24) is 9.55 Å². The lowest BCUT2D eigenvalue weighted by atomic mass is 10.2. The number of pyridine rings is 2. The van der Waals surface area contributed by atoms with Gasteiger partial charge in [-0.25, -0.2) is 4.98 Å². The molecule has 6 heteroatoms. The van der Waals surface area contributed by atoms with Crippen LogP contribution in [0.3, 0.4) is 0 Å². The van der Waals surface area contributed by atoms with E-state index in [1.165, 1.54) is 0 Å². The number of methoxy groups -OCH3 is 1. The highest BCUT2D eigenvalue weighted by Gasteiger charge is 2.10. The number of rotatable bonds is 3. The lowest BCUT2D eigenvalue weighted by Crippen LogP contribution is -2.22. The minimum Gasteiger partial charge on any atom is -0.497 e. The van der Waals surface area contributed by atoms with E-state index in [1.807, 2.05) is 24.3 Å². The van der Waals surface area contributed by atoms with Crippen LogP contribution in [0.25, 0.3) is 11.0 Å². The maximum atomic E-state index is 12.4. The van der Waals surface area contributed by atoms with Gasteiger partial charge in [-0.15, -0.1) is 0 Å². The van der Waals surface area contributed by atoms with E-state index in [0.29, 0.717) is 22.4 Å². The molecule has 0 radical (unpaired) electrons. The van der Waals surface area contributed by atoms with Crippen LogP contribution in [0.5, 0.6) is 5.75 Å². The maximum Gasteiger partial charge on any atom is 0.266 e. The zero-order valence-corrected chi connectivity index (χ0v) is 13.5. The van der Waals surface area contributed by atoms with Crippen molar-refractivity contribution >= 4 is 32.7 Å². The third kappa shape index (κ3) is 2.69. The Hall–Kier alpha value is -2.34. The van der Waals surface area contributed by atoms with Crippen LogP contribution in [0.15, 0.2) is 51.9 Å². The SMILES string of the molecule is COc1ccc(Cn2c(=O)c(Br)cc3cc(N)cnc32)cc1. The Bertz CT molecular complexity index is 888. The summed E-state index contributed by atoms with van der Waals surface area (Å²) in [5, 5.41) is 0.819. The van der Waals surface area contributed by atoms with Gasteiger partial charge in [-0.05, 0) is 45.8 Å². The zero-order valence-electron chi connectivity index (χ0n) is 11.9. The molecule has 1 aromatic carbocycles. The van der Waals surface area contributed by atoms with Gasteiger partial charge in [0.2, 0.25) is 0 Å². The molecule has 5 nitrogen and oxygen atoms in total. The van der Waals surface area contributed by atoms with Crippen LogP contribution in [0.2, 0.25) is 0 Å². The molecule has 22 heavy (non-hydrogen) atoms. The minimum atomic E-state index is -0.124. The number of nitrogen functional groups attached to an aromatic ring is 1. The summed E-state index contributed by atoms with van der Waals surface area (Å²) in [7, 11) is 1.62. The maximum absolute atomic E-state index is 12.4. The minimum absolute atomic E-state index is 0.124. The van der Waals surface area contributed by atoms with Gasteiger partial charge >= 0.3 is 0 Å². The van der Waals surface area contributed by atoms with Crippen LogP contribution in [-0.2, 0) is 6.54 Å². The van der Waals surface area contributed by atoms with Crippen molar-refractivity contribution in [2.75, 3.05) is 12.8 Å². The number of aromatic nitrogens is 2. The number of nitrogens with zero attached hydrogens (tertiary/aromatic N) is 2. The quantitative estimate of drug-likeness (QED) is 0.780. The van der Waals surface area contributed by atoms with Crippen molar-refractivity contribution in [2.24, 2.45) is 0 Å². The number of ether oxygens (including phenoxy) is 1. The second-order valence-electron chi connectivity index (χ2n) is 4.91. The van der Waals surface area contributed by atoms with Crippen molar-refractivity contribution in [3.63, 3.8) is 0 Å². The summed E-state index contributed by atoms with van der Waals surface area (Å²) < 4.78 is 7.26. The molecule has 0 aliphatic rings. The van der Waals surface area contributed by atoms with Gasteiger partial charge in [0.05, 0.1) is 30.0 Å². The summed E-state index contributed by atoms with van der Waals surface area (Å²) in [6.07, 6.45) is 1.56. The monoisotopic (exact) mass is 359 g/mol. The lowest BCUT2D eigenvalue weighted by molar-refractivity contribution is 0.414. The Labute approximate surface area is 135 Å². The van der Waals surface area contributed by atoms with Crippen LogP contribution in [0, 0.1) is 0 Å². The van der Waals surface area contributed by atoms with E-state index in [0.717, 1.165) is 16.7 Å². The van der Waals surface area contributed by atoms with Gasteiger partial charge in [0, 0.05) is 5.39 Å². The highest BCUT2D eigenvalue weighted by molar-refractivity contribution is 9.10. The van der Waals surface area contributed by atoms with Crippen molar-refractivity contribution in [3.8, 4) is 5.75 Å². The van der Waals surface area contributed by atoms with Crippen molar-refractivity contribution in [2.45, 2.75) is 6.54 Å². The first-order valence-electron chi connectivity index (χ1n) is 6.66. The molecule has 0 aliphatic heterocycles. The Morgan fingerprint density at radius 3 is 2.68 bits per heavy atom. The van der Waals surface area contributed by atoms with E-state index >= 15 is 0 Å². The largest absolute Gasteiger partial charge is 0.497 e. The van der Waals surface area contributed by atoms with Gasteiger partial charge in [0.1, 0.15) is 11.4 Å². The molecule has 0 fully saturated rings. The average Bonchev–Trinajstić information content (AvgIpc) is 2.52. The van der Waals surface area contributed by atoms with Crippen LogP contribution in [-0.4, -0.2) is 16.7 Å². The van der Waals surface area contributed by atoms with Gasteiger partial charge in [-0.2, -0.15) is 0 Å². The van der Waals surface area contributed by atoms with Crippen LogP contribution in [0.4, 0.5) is 5.69 Å². The summed E-state index contributed by atoms with van der Waals surface area (Å²) in [4.78, 5) is 16.7. The van der Waals surface area contributed by atoms with Crippen LogP contribution < -0.4 is 16.0 Å². The third-order valence-corrected chi connectivity index (χ3v) is 3.97. The fourth-order valence-corrected chi connectivity index (χ4v) is 2.77. The topological polar surface area (TPSA) is 70.1 Å². The van der Waals surface area contributed by atoms with Gasteiger partial charge in [-0.3, -0.25) is 9.36 Å². The fourth-order valence-electron chi connectivity index (χ4n) is 2.31. The smallest absolute Gasteiger partial charge is 0.266 e. The molecule has 3 aromatic rings. The molecule has 0 saturated carbocycles. The Balaban J connectivity index is 2.12. The fraction of sp³-hybridized carbons (Fsp3) is 0.125. The van der Waals surface area contributed by atoms with E-state index in [-0.39, 0.29) is 5.56 Å². The molecule has 0 amide bonds. The second-order valence-corrected chi connectivity index (χ2v) is 5.77. The summed E-state index contributed by atoms with van der Waals surface area (Å²) in [5.74, 6) is 0.779. The van der Waals surface area contributed by atoms with E-state index in [2.05, 4.69) is 20.9 Å². The molecule has 0 bridgehead atoms. The van der Waals surface area contributed by atoms with E-state index in [1.54, 1.807) is 30.0 Å². The predicted molar refractivity (Wildman–Crippen MR) is 90.2 cm³/mol. The van der Waals surface area contributed by atoms with Crippen LogP contribution >= 0.6 is 15.9 Å². The van der Waals surface area contributed by atoms with E-state index in [4.69, 9.17) is 10.5 Å². The molecular weight excluding hydrogens is 346 g/mol. The van der Waals surface area contributed by atoms with Crippen molar-refractivity contribution < 1.29 is 4.74 Å². The summed E-state index contributed by atoms with van der Waals surface area (Å²) in [6.45, 7) is 0.426. The Morgan fingerprint density at radius 1 is 1.27 bits per heavy atom. The van der Waals surface area contributed by atoms with Gasteiger partial charge < -0.3 is 10.5 Å². The molecule has 0 aliphatic carbocycles. The number of halogens is 1. The van der Waals surface area contributed by atoms with E-state index in [9.17, 15) is 4.79 Å². The highest BCUT2D eigenvalue weighted by Crippen LogP contribution is 2.19. The normalized spacial score (nSPS) is 10.8. The Morgan fingerprint density at radius 2 is 2.00 bits per heavy atom. The molecule has 2 heterocycles. The van der Waals surface area contributed by atoms with Gasteiger partial charge in [0.15, 0.2) is 0 Å². The number of anilines is 1. The first-order valence-corrected chi connectivity index (χ1v) is 7.45. The van der Waals surface area contributed by atoms with Gasteiger partial charge in [-0.1, -0.05) is 12.1 Å². The summed E-state index contributed by atoms with van der Waals surface area (Å²) >= 11 is 3.31.